The Balaban J connectivity index is 1.27. The first-order valence-corrected chi connectivity index (χ1v) is 10.8. The molecule has 0 radical (unpaired) electrons. The van der Waals surface area contributed by atoms with E-state index in [1.165, 1.54) is 0 Å². The SMILES string of the molecule is CCn1ccc(C(=O)N2CCC(CC(=O)Nc3cc(-c4ccccc4C)[nH]n3)CC2)n1. The van der Waals surface area contributed by atoms with Crippen LogP contribution < -0.4 is 5.32 Å². The summed E-state index contributed by atoms with van der Waals surface area (Å²) in [5.41, 5.74) is 3.58. The number of H-pyrrole nitrogens is 1. The molecule has 1 aromatic carbocycles. The Bertz CT molecular complexity index is 1060. The minimum absolute atomic E-state index is 0.0321. The van der Waals surface area contributed by atoms with Gasteiger partial charge in [-0.15, -0.1) is 0 Å². The molecule has 0 aliphatic carbocycles. The molecule has 0 spiro atoms. The van der Waals surface area contributed by atoms with Gasteiger partial charge in [-0.3, -0.25) is 19.4 Å². The molecule has 3 aromatic rings. The average Bonchev–Trinajstić information content (AvgIpc) is 3.44. The number of aryl methyl sites for hydroxylation is 2. The molecule has 2 amide bonds. The van der Waals surface area contributed by atoms with Gasteiger partial charge in [-0.1, -0.05) is 24.3 Å². The van der Waals surface area contributed by atoms with E-state index < -0.39 is 0 Å². The van der Waals surface area contributed by atoms with Crippen LogP contribution in [-0.4, -0.2) is 49.8 Å². The Hall–Kier alpha value is -3.42. The summed E-state index contributed by atoms with van der Waals surface area (Å²) in [7, 11) is 0. The monoisotopic (exact) mass is 420 g/mol. The van der Waals surface area contributed by atoms with E-state index in [9.17, 15) is 9.59 Å². The highest BCUT2D eigenvalue weighted by molar-refractivity contribution is 5.92. The number of rotatable bonds is 6. The zero-order valence-corrected chi connectivity index (χ0v) is 18.0. The fraction of sp³-hybridized carbons (Fsp3) is 0.391. The van der Waals surface area contributed by atoms with Crippen molar-refractivity contribution in [2.24, 2.45) is 5.92 Å². The third-order valence-corrected chi connectivity index (χ3v) is 5.84. The molecule has 1 saturated heterocycles. The number of carbonyl (C=O) groups excluding carboxylic acids is 2. The van der Waals surface area contributed by atoms with E-state index in [1.807, 2.05) is 55.3 Å². The molecule has 8 heteroatoms. The number of hydrogen-bond acceptors (Lipinski definition) is 4. The molecule has 2 aromatic heterocycles. The zero-order valence-electron chi connectivity index (χ0n) is 18.0. The highest BCUT2D eigenvalue weighted by Crippen LogP contribution is 2.25. The van der Waals surface area contributed by atoms with Crippen molar-refractivity contribution in [2.75, 3.05) is 18.4 Å². The van der Waals surface area contributed by atoms with Crippen molar-refractivity contribution >= 4 is 17.6 Å². The molecule has 0 saturated carbocycles. The Labute approximate surface area is 181 Å². The van der Waals surface area contributed by atoms with Gasteiger partial charge in [0.2, 0.25) is 5.91 Å². The summed E-state index contributed by atoms with van der Waals surface area (Å²) in [6, 6.07) is 11.7. The highest BCUT2D eigenvalue weighted by Gasteiger charge is 2.26. The van der Waals surface area contributed by atoms with E-state index in [2.05, 4.69) is 20.6 Å². The maximum atomic E-state index is 12.6. The zero-order chi connectivity index (χ0) is 21.8. The van der Waals surface area contributed by atoms with E-state index in [-0.39, 0.29) is 17.7 Å². The number of hydrogen-bond donors (Lipinski definition) is 2. The van der Waals surface area contributed by atoms with Gasteiger partial charge in [0.05, 0.1) is 5.69 Å². The quantitative estimate of drug-likeness (QED) is 0.638. The van der Waals surface area contributed by atoms with Gasteiger partial charge < -0.3 is 10.2 Å². The second-order valence-corrected chi connectivity index (χ2v) is 8.03. The Morgan fingerprint density at radius 2 is 1.97 bits per heavy atom. The molecule has 2 N–H and O–H groups in total. The van der Waals surface area contributed by atoms with Crippen molar-refractivity contribution in [2.45, 2.75) is 39.7 Å². The van der Waals surface area contributed by atoms with Crippen LogP contribution in [0.2, 0.25) is 0 Å². The van der Waals surface area contributed by atoms with E-state index in [0.29, 0.717) is 31.0 Å². The second kappa shape index (κ2) is 9.16. The predicted molar refractivity (Wildman–Crippen MR) is 119 cm³/mol. The fourth-order valence-corrected chi connectivity index (χ4v) is 4.01. The summed E-state index contributed by atoms with van der Waals surface area (Å²) in [4.78, 5) is 26.9. The first kappa shape index (κ1) is 20.8. The smallest absolute Gasteiger partial charge is 0.274 e. The molecule has 0 bridgehead atoms. The number of benzene rings is 1. The van der Waals surface area contributed by atoms with Gasteiger partial charge in [-0.05, 0) is 44.2 Å². The van der Waals surface area contributed by atoms with Gasteiger partial charge in [0.15, 0.2) is 5.82 Å². The lowest BCUT2D eigenvalue weighted by atomic mass is 9.93. The summed E-state index contributed by atoms with van der Waals surface area (Å²) < 4.78 is 1.75. The van der Waals surface area contributed by atoms with Crippen LogP contribution in [0.3, 0.4) is 0 Å². The first-order valence-electron chi connectivity index (χ1n) is 10.8. The minimum Gasteiger partial charge on any atom is -0.337 e. The summed E-state index contributed by atoms with van der Waals surface area (Å²) in [5.74, 6) is 0.707. The van der Waals surface area contributed by atoms with E-state index in [0.717, 1.165) is 36.2 Å². The topological polar surface area (TPSA) is 95.9 Å². The van der Waals surface area contributed by atoms with Crippen molar-refractivity contribution in [3.63, 3.8) is 0 Å². The largest absolute Gasteiger partial charge is 0.337 e. The van der Waals surface area contributed by atoms with Gasteiger partial charge in [0, 0.05) is 43.9 Å². The third kappa shape index (κ3) is 4.84. The van der Waals surface area contributed by atoms with Gasteiger partial charge in [-0.25, -0.2) is 0 Å². The van der Waals surface area contributed by atoms with Gasteiger partial charge in [0.25, 0.3) is 5.91 Å². The van der Waals surface area contributed by atoms with Crippen molar-refractivity contribution in [1.29, 1.82) is 0 Å². The van der Waals surface area contributed by atoms with Crippen LogP contribution in [0.25, 0.3) is 11.3 Å². The Morgan fingerprint density at radius 3 is 2.68 bits per heavy atom. The Morgan fingerprint density at radius 1 is 1.19 bits per heavy atom. The summed E-state index contributed by atoms with van der Waals surface area (Å²) in [6.45, 7) is 6.07. The lowest BCUT2D eigenvalue weighted by Gasteiger charge is -2.31. The third-order valence-electron chi connectivity index (χ3n) is 5.84. The van der Waals surface area contributed by atoms with Crippen LogP contribution in [-0.2, 0) is 11.3 Å². The Kier molecular flexibility index (Phi) is 6.16. The molecule has 0 atom stereocenters. The number of anilines is 1. The second-order valence-electron chi connectivity index (χ2n) is 8.03. The number of likely N-dealkylation sites (tertiary alicyclic amines) is 1. The molecule has 0 unspecified atom stereocenters. The molecule has 1 aliphatic rings. The molecule has 4 rings (SSSR count). The predicted octanol–water partition coefficient (Wildman–Crippen LogP) is 3.48. The van der Waals surface area contributed by atoms with E-state index >= 15 is 0 Å². The van der Waals surface area contributed by atoms with Crippen LogP contribution in [0.4, 0.5) is 5.82 Å². The molecule has 162 valence electrons. The number of aromatic amines is 1. The normalized spacial score (nSPS) is 14.6. The van der Waals surface area contributed by atoms with Gasteiger partial charge >= 0.3 is 0 Å². The summed E-state index contributed by atoms with van der Waals surface area (Å²) in [5, 5.41) is 14.4. The van der Waals surface area contributed by atoms with Crippen LogP contribution in [0.1, 0.15) is 42.2 Å². The van der Waals surface area contributed by atoms with E-state index in [1.54, 1.807) is 10.7 Å². The molecule has 1 aliphatic heterocycles. The fourth-order valence-electron chi connectivity index (χ4n) is 4.01. The number of nitrogens with zero attached hydrogens (tertiary/aromatic N) is 4. The molecular formula is C23H28N6O2. The molecule has 8 nitrogen and oxygen atoms in total. The average molecular weight is 421 g/mol. The van der Waals surface area contributed by atoms with Gasteiger partial charge in [0.1, 0.15) is 5.69 Å². The lowest BCUT2D eigenvalue weighted by Crippen LogP contribution is -2.39. The molecular weight excluding hydrogens is 392 g/mol. The maximum Gasteiger partial charge on any atom is 0.274 e. The van der Waals surface area contributed by atoms with Crippen LogP contribution in [0.5, 0.6) is 0 Å². The standard InChI is InChI=1S/C23H28N6O2/c1-3-29-13-10-19(27-29)23(31)28-11-8-17(9-12-28)14-22(30)24-21-15-20(25-26-21)18-7-5-4-6-16(18)2/h4-7,10,13,15,17H,3,8-9,11-12,14H2,1-2H3,(H2,24,25,26,30). The maximum absolute atomic E-state index is 12.6. The van der Waals surface area contributed by atoms with Crippen molar-refractivity contribution in [3.8, 4) is 11.3 Å². The first-order chi connectivity index (χ1) is 15.0. The van der Waals surface area contributed by atoms with Gasteiger partial charge in [-0.2, -0.15) is 10.2 Å². The van der Waals surface area contributed by atoms with Crippen LogP contribution >= 0.6 is 0 Å². The summed E-state index contributed by atoms with van der Waals surface area (Å²) >= 11 is 0. The van der Waals surface area contributed by atoms with Crippen molar-refractivity contribution < 1.29 is 9.59 Å². The van der Waals surface area contributed by atoms with E-state index in [4.69, 9.17) is 0 Å². The number of nitrogens with one attached hydrogen (secondary N) is 2. The minimum atomic E-state index is -0.0469. The van der Waals surface area contributed by atoms with Crippen molar-refractivity contribution in [3.05, 3.63) is 53.9 Å². The van der Waals surface area contributed by atoms with Crippen LogP contribution in [0.15, 0.2) is 42.6 Å². The molecule has 1 fully saturated rings. The number of aromatic nitrogens is 4. The van der Waals surface area contributed by atoms with Crippen molar-refractivity contribution in [1.82, 2.24) is 24.9 Å². The summed E-state index contributed by atoms with van der Waals surface area (Å²) in [6.07, 6.45) is 3.87. The van der Waals surface area contributed by atoms with Crippen LogP contribution in [0, 0.1) is 12.8 Å². The number of amides is 2. The molecule has 3 heterocycles. The number of piperidine rings is 1. The number of carbonyl (C=O) groups is 2. The highest BCUT2D eigenvalue weighted by atomic mass is 16.2. The molecule has 31 heavy (non-hydrogen) atoms. The lowest BCUT2D eigenvalue weighted by molar-refractivity contribution is -0.117.